The topological polar surface area (TPSA) is 43.4 Å². The Hall–Kier alpha value is -1.06. The van der Waals surface area contributed by atoms with Crippen LogP contribution in [-0.2, 0) is 5.21 Å². The first-order valence-corrected chi connectivity index (χ1v) is 2.52. The molecule has 0 saturated carbocycles. The van der Waals surface area contributed by atoms with E-state index in [0.717, 1.165) is 0 Å². The number of hydrogen-bond acceptors (Lipinski definition) is 2. The van der Waals surface area contributed by atoms with Crippen LogP contribution in [0.3, 0.4) is 0 Å². The van der Waals surface area contributed by atoms with Gasteiger partial charge in [0.05, 0.1) is 5.69 Å². The van der Waals surface area contributed by atoms with E-state index in [9.17, 15) is 5.21 Å². The highest BCUT2D eigenvalue weighted by atomic mass is 16.8. The lowest BCUT2D eigenvalue weighted by Crippen LogP contribution is -2.07. The molecule has 0 aromatic heterocycles. The van der Waals surface area contributed by atoms with Gasteiger partial charge < -0.3 is 0 Å². The molecule has 1 aromatic carbocycles. The van der Waals surface area contributed by atoms with Gasteiger partial charge in [-0.1, -0.05) is 28.6 Å². The zero-order valence-corrected chi connectivity index (χ0v) is 4.69. The molecule has 1 rings (SSSR count). The van der Waals surface area contributed by atoms with Crippen LogP contribution in [0.15, 0.2) is 30.3 Å². The number of anilines is 1. The molecule has 0 amide bonds. The zero-order chi connectivity index (χ0) is 6.69. The summed E-state index contributed by atoms with van der Waals surface area (Å²) in [5.41, 5.74) is 0.248. The van der Waals surface area contributed by atoms with Crippen LogP contribution < -0.4 is 5.23 Å². The molecule has 1 aromatic rings. The number of benzene rings is 1. The third kappa shape index (κ3) is 1.42. The van der Waals surface area contributed by atoms with Crippen molar-refractivity contribution >= 4 is 5.69 Å². The lowest BCUT2D eigenvalue weighted by molar-refractivity contribution is -0.0268. The molecule has 0 saturated heterocycles. The normalized spacial score (nSPS) is 9.11. The van der Waals surface area contributed by atoms with Crippen LogP contribution in [0.5, 0.6) is 0 Å². The fourth-order valence-electron chi connectivity index (χ4n) is 0.556. The highest BCUT2D eigenvalue weighted by molar-refractivity contribution is 5.39. The molecular weight excluding hydrogens is 118 g/mol. The Bertz CT molecular complexity index is 174. The first kappa shape index (κ1) is 6.07. The second-order valence-electron chi connectivity index (χ2n) is 1.61. The van der Waals surface area contributed by atoms with Gasteiger partial charge in [0.1, 0.15) is 0 Å². The van der Waals surface area contributed by atoms with Crippen LogP contribution in [0.4, 0.5) is 5.69 Å². The molecule has 0 spiro atoms. The van der Waals surface area contributed by atoms with Crippen molar-refractivity contribution in [1.29, 1.82) is 0 Å². The summed E-state index contributed by atoms with van der Waals surface area (Å²) in [5, 5.41) is 18.3. The van der Waals surface area contributed by atoms with Crippen molar-refractivity contribution in [3.05, 3.63) is 30.3 Å². The van der Waals surface area contributed by atoms with Crippen molar-refractivity contribution < 1.29 is 10.4 Å². The average molecular weight is 124 g/mol. The summed E-state index contributed by atoms with van der Waals surface area (Å²) >= 11 is 0. The molecule has 0 aliphatic heterocycles. The van der Waals surface area contributed by atoms with Crippen molar-refractivity contribution in [2.24, 2.45) is 0 Å². The molecule has 0 atom stereocenters. The monoisotopic (exact) mass is 124 g/mol. The number of para-hydroxylation sites is 1. The lowest BCUT2D eigenvalue weighted by Gasteiger charge is -2.01. The molecule has 47 valence electrons. The van der Waals surface area contributed by atoms with E-state index in [1.54, 1.807) is 18.2 Å². The van der Waals surface area contributed by atoms with Gasteiger partial charge in [-0.2, -0.15) is 0 Å². The maximum Gasteiger partial charge on any atom is 0.0976 e. The maximum absolute atomic E-state index is 10.1. The Morgan fingerprint density at radius 1 is 1.22 bits per heavy atom. The predicted octanol–water partition coefficient (Wildman–Crippen LogP) is 1.23. The van der Waals surface area contributed by atoms with E-state index >= 15 is 0 Å². The van der Waals surface area contributed by atoms with Crippen LogP contribution in [0.2, 0.25) is 0 Å². The second kappa shape index (κ2) is 2.48. The van der Waals surface area contributed by atoms with Gasteiger partial charge in [0.15, 0.2) is 0 Å². The lowest BCUT2D eigenvalue weighted by atomic mass is 10.3. The Morgan fingerprint density at radius 3 is 2.11 bits per heavy atom. The van der Waals surface area contributed by atoms with Crippen molar-refractivity contribution in [2.75, 3.05) is 5.23 Å². The van der Waals surface area contributed by atoms with E-state index in [-0.39, 0.29) is 10.9 Å². The summed E-state index contributed by atoms with van der Waals surface area (Å²) < 4.78 is 0. The Balaban J connectivity index is 2.85. The smallest absolute Gasteiger partial charge is 0.0976 e. The summed E-state index contributed by atoms with van der Waals surface area (Å²) in [6.45, 7) is 0. The van der Waals surface area contributed by atoms with Crippen LogP contribution in [0, 0.1) is 0 Å². The first-order chi connectivity index (χ1) is 4.30. The molecular formula is C6H6NO2. The quantitative estimate of drug-likeness (QED) is 0.572. The molecule has 1 radical (unpaired) electrons. The predicted molar refractivity (Wildman–Crippen MR) is 31.4 cm³/mol. The highest BCUT2D eigenvalue weighted by Gasteiger charge is 1.94. The largest absolute Gasteiger partial charge is 0.261 e. The molecule has 9 heavy (non-hydrogen) atoms. The zero-order valence-electron chi connectivity index (χ0n) is 4.69. The van der Waals surface area contributed by atoms with Gasteiger partial charge in [-0.15, -0.1) is 0 Å². The van der Waals surface area contributed by atoms with Crippen molar-refractivity contribution in [3.63, 3.8) is 0 Å². The standard InChI is InChI=1S/C6H6NO2/c8-7(9)6-4-2-1-3-5-6/h1-5,8H. The van der Waals surface area contributed by atoms with Crippen LogP contribution in [0.25, 0.3) is 0 Å². The molecule has 3 heteroatoms. The molecule has 0 fully saturated rings. The van der Waals surface area contributed by atoms with Gasteiger partial charge in [-0.25, -0.2) is 0 Å². The van der Waals surface area contributed by atoms with Gasteiger partial charge in [-0.05, 0) is 12.1 Å². The minimum absolute atomic E-state index is 0.167. The first-order valence-electron chi connectivity index (χ1n) is 2.52. The SMILES string of the molecule is [O]N(O)c1ccccc1. The van der Waals surface area contributed by atoms with E-state index in [1.165, 1.54) is 12.1 Å². The third-order valence-corrected chi connectivity index (χ3v) is 0.977. The fraction of sp³-hybridized carbons (Fsp3) is 0. The van der Waals surface area contributed by atoms with Gasteiger partial charge in [0.2, 0.25) is 0 Å². The van der Waals surface area contributed by atoms with Crippen LogP contribution in [-0.4, -0.2) is 5.21 Å². The minimum atomic E-state index is -0.167. The van der Waals surface area contributed by atoms with E-state index in [4.69, 9.17) is 5.21 Å². The molecule has 0 aliphatic rings. The van der Waals surface area contributed by atoms with Gasteiger partial charge in [0, 0.05) is 0 Å². The van der Waals surface area contributed by atoms with E-state index in [2.05, 4.69) is 0 Å². The highest BCUT2D eigenvalue weighted by Crippen LogP contribution is 2.07. The van der Waals surface area contributed by atoms with E-state index < -0.39 is 0 Å². The van der Waals surface area contributed by atoms with Gasteiger partial charge >= 0.3 is 0 Å². The second-order valence-corrected chi connectivity index (χ2v) is 1.61. The van der Waals surface area contributed by atoms with Crippen LogP contribution in [0.1, 0.15) is 0 Å². The minimum Gasteiger partial charge on any atom is -0.261 e. The summed E-state index contributed by atoms with van der Waals surface area (Å²) in [5.74, 6) is 0. The van der Waals surface area contributed by atoms with Crippen molar-refractivity contribution in [3.8, 4) is 0 Å². The molecule has 0 heterocycles. The van der Waals surface area contributed by atoms with E-state index in [1.807, 2.05) is 0 Å². The Morgan fingerprint density at radius 2 is 1.78 bits per heavy atom. The third-order valence-electron chi connectivity index (χ3n) is 0.977. The molecule has 1 N–H and O–H groups in total. The van der Waals surface area contributed by atoms with Crippen molar-refractivity contribution in [1.82, 2.24) is 0 Å². The Kier molecular flexibility index (Phi) is 1.67. The van der Waals surface area contributed by atoms with E-state index in [0.29, 0.717) is 0 Å². The molecule has 3 nitrogen and oxygen atoms in total. The van der Waals surface area contributed by atoms with Gasteiger partial charge in [-0.3, -0.25) is 5.21 Å². The molecule has 0 unspecified atom stereocenters. The van der Waals surface area contributed by atoms with Gasteiger partial charge in [0.25, 0.3) is 0 Å². The van der Waals surface area contributed by atoms with Crippen molar-refractivity contribution in [2.45, 2.75) is 0 Å². The molecule has 0 aliphatic carbocycles. The van der Waals surface area contributed by atoms with Crippen LogP contribution >= 0.6 is 0 Å². The number of nitrogens with zero attached hydrogens (tertiary/aromatic N) is 1. The molecule has 0 bridgehead atoms. The maximum atomic E-state index is 10.1. The average Bonchev–Trinajstić information content (AvgIpc) is 1.90. The Labute approximate surface area is 52.7 Å². The fourth-order valence-corrected chi connectivity index (χ4v) is 0.556. The summed E-state index contributed by atoms with van der Waals surface area (Å²) in [4.78, 5) is 0. The number of rotatable bonds is 1. The summed E-state index contributed by atoms with van der Waals surface area (Å²) in [7, 11) is 0. The summed E-state index contributed by atoms with van der Waals surface area (Å²) in [6, 6.07) is 8.17. The number of hydrogen-bond donors (Lipinski definition) is 1. The summed E-state index contributed by atoms with van der Waals surface area (Å²) in [6.07, 6.45) is 0.